The average molecular weight is 404 g/mol. The number of ether oxygens (including phenoxy) is 2. The van der Waals surface area contributed by atoms with Crippen molar-refractivity contribution in [2.75, 3.05) is 50.9 Å². The fraction of sp³-hybridized carbons (Fsp3) is 0.500. The maximum Gasteiger partial charge on any atom is 0.191 e. The third kappa shape index (κ3) is 5.59. The molecule has 7 nitrogen and oxygen atoms in total. The molecule has 0 bridgehead atoms. The van der Waals surface area contributed by atoms with E-state index in [2.05, 4.69) is 38.8 Å². The highest BCUT2D eigenvalue weighted by Crippen LogP contribution is 2.22. The summed E-state index contributed by atoms with van der Waals surface area (Å²) in [5.41, 5.74) is 8.46. The Balaban J connectivity index is 1.55. The molecular weight excluding hydrogens is 374 g/mol. The van der Waals surface area contributed by atoms with Gasteiger partial charge in [0.05, 0.1) is 13.2 Å². The minimum Gasteiger partial charge on any atom is -0.491 e. The number of benzene rings is 1. The molecular formula is C20H29N5O2S. The van der Waals surface area contributed by atoms with Gasteiger partial charge in [0.15, 0.2) is 11.1 Å². The third-order valence-electron chi connectivity index (χ3n) is 4.62. The van der Waals surface area contributed by atoms with Crippen molar-refractivity contribution in [3.63, 3.8) is 0 Å². The van der Waals surface area contributed by atoms with Crippen LogP contribution < -0.4 is 15.4 Å². The summed E-state index contributed by atoms with van der Waals surface area (Å²) >= 11 is 1.67. The molecule has 0 amide bonds. The topological polar surface area (TPSA) is 76.2 Å². The second-order valence-corrected chi connectivity index (χ2v) is 7.49. The molecule has 1 fully saturated rings. The highest BCUT2D eigenvalue weighted by atomic mass is 32.1. The molecule has 1 aromatic heterocycles. The Hall–Kier alpha value is -2.32. The van der Waals surface area contributed by atoms with Gasteiger partial charge in [-0.2, -0.15) is 0 Å². The van der Waals surface area contributed by atoms with Gasteiger partial charge in [0.2, 0.25) is 0 Å². The quantitative estimate of drug-likeness (QED) is 0.415. The lowest BCUT2D eigenvalue weighted by molar-refractivity contribution is 0.110. The zero-order valence-electron chi connectivity index (χ0n) is 16.6. The maximum atomic E-state index is 6.26. The molecule has 0 atom stereocenters. The molecule has 28 heavy (non-hydrogen) atoms. The van der Waals surface area contributed by atoms with E-state index >= 15 is 0 Å². The molecule has 0 saturated carbocycles. The lowest BCUT2D eigenvalue weighted by atomic mass is 10.1. The number of aliphatic imine (C=N–C) groups is 1. The van der Waals surface area contributed by atoms with Crippen molar-refractivity contribution >= 4 is 22.4 Å². The summed E-state index contributed by atoms with van der Waals surface area (Å²) in [5, 5.41) is 3.08. The number of thiazole rings is 1. The molecule has 8 heteroatoms. The predicted molar refractivity (Wildman–Crippen MR) is 114 cm³/mol. The molecule has 3 rings (SSSR count). The van der Waals surface area contributed by atoms with Crippen LogP contribution in [0.15, 0.2) is 34.8 Å². The van der Waals surface area contributed by atoms with Crippen LogP contribution in [0.4, 0.5) is 5.13 Å². The first-order chi connectivity index (χ1) is 13.7. The highest BCUT2D eigenvalue weighted by Gasteiger charge is 2.19. The van der Waals surface area contributed by atoms with Gasteiger partial charge in [-0.15, -0.1) is 11.3 Å². The van der Waals surface area contributed by atoms with Crippen molar-refractivity contribution in [2.45, 2.75) is 20.4 Å². The number of hydrogen-bond donors (Lipinski definition) is 1. The Morgan fingerprint density at radius 3 is 2.79 bits per heavy atom. The molecule has 1 saturated heterocycles. The number of nitrogens with two attached hydrogens (primary N) is 1. The lowest BCUT2D eigenvalue weighted by Crippen LogP contribution is -2.51. The first kappa shape index (κ1) is 20.4. The minimum atomic E-state index is 0.503. The van der Waals surface area contributed by atoms with Crippen molar-refractivity contribution in [2.24, 2.45) is 10.7 Å². The SMILES string of the molecule is CCOCCOc1cc(C)ccc1CN=C(N)N1CCN(c2nccs2)CC1. The molecule has 2 N–H and O–H groups in total. The van der Waals surface area contributed by atoms with Crippen LogP contribution in [0.25, 0.3) is 0 Å². The van der Waals surface area contributed by atoms with Crippen LogP contribution >= 0.6 is 11.3 Å². The Labute approximate surface area is 170 Å². The van der Waals surface area contributed by atoms with Crippen molar-refractivity contribution in [1.29, 1.82) is 0 Å². The van der Waals surface area contributed by atoms with Gasteiger partial charge in [-0.1, -0.05) is 12.1 Å². The van der Waals surface area contributed by atoms with Gasteiger partial charge in [0.1, 0.15) is 12.4 Å². The number of guanidine groups is 1. The van der Waals surface area contributed by atoms with Crippen LogP contribution in [-0.4, -0.2) is 61.8 Å². The smallest absolute Gasteiger partial charge is 0.191 e. The highest BCUT2D eigenvalue weighted by molar-refractivity contribution is 7.13. The van der Waals surface area contributed by atoms with E-state index in [-0.39, 0.29) is 0 Å². The number of rotatable bonds is 8. The summed E-state index contributed by atoms with van der Waals surface area (Å²) in [6.07, 6.45) is 1.85. The van der Waals surface area contributed by atoms with Gasteiger partial charge in [0.25, 0.3) is 0 Å². The summed E-state index contributed by atoms with van der Waals surface area (Å²) < 4.78 is 11.2. The average Bonchev–Trinajstić information content (AvgIpc) is 3.25. The summed E-state index contributed by atoms with van der Waals surface area (Å²) in [5.74, 6) is 1.43. The van der Waals surface area contributed by atoms with E-state index < -0.39 is 0 Å². The van der Waals surface area contributed by atoms with Gasteiger partial charge in [-0.3, -0.25) is 0 Å². The van der Waals surface area contributed by atoms with Gasteiger partial charge in [0, 0.05) is 49.9 Å². The zero-order chi connectivity index (χ0) is 19.8. The van der Waals surface area contributed by atoms with Crippen LogP contribution in [0.2, 0.25) is 0 Å². The minimum absolute atomic E-state index is 0.503. The molecule has 0 aliphatic carbocycles. The number of hydrogen-bond acceptors (Lipinski definition) is 6. The van der Waals surface area contributed by atoms with Crippen molar-refractivity contribution < 1.29 is 9.47 Å². The second-order valence-electron chi connectivity index (χ2n) is 6.62. The van der Waals surface area contributed by atoms with E-state index in [0.29, 0.717) is 32.3 Å². The third-order valence-corrected chi connectivity index (χ3v) is 5.45. The van der Waals surface area contributed by atoms with Gasteiger partial charge < -0.3 is 25.0 Å². The summed E-state index contributed by atoms with van der Waals surface area (Å²) in [4.78, 5) is 13.4. The van der Waals surface area contributed by atoms with E-state index in [9.17, 15) is 0 Å². The molecule has 1 aliphatic heterocycles. The van der Waals surface area contributed by atoms with Crippen LogP contribution in [-0.2, 0) is 11.3 Å². The Bertz CT molecular complexity index is 758. The van der Waals surface area contributed by atoms with E-state index in [0.717, 1.165) is 48.2 Å². The van der Waals surface area contributed by atoms with Crippen molar-refractivity contribution in [3.8, 4) is 5.75 Å². The van der Waals surface area contributed by atoms with Crippen molar-refractivity contribution in [3.05, 3.63) is 40.9 Å². The molecule has 0 radical (unpaired) electrons. The van der Waals surface area contributed by atoms with Crippen LogP contribution in [0, 0.1) is 6.92 Å². The van der Waals surface area contributed by atoms with Crippen LogP contribution in [0.5, 0.6) is 5.75 Å². The van der Waals surface area contributed by atoms with Crippen molar-refractivity contribution in [1.82, 2.24) is 9.88 Å². The summed E-state index contributed by atoms with van der Waals surface area (Å²) in [6, 6.07) is 6.17. The monoisotopic (exact) mass is 403 g/mol. The van der Waals surface area contributed by atoms with Gasteiger partial charge >= 0.3 is 0 Å². The number of nitrogens with zero attached hydrogens (tertiary/aromatic N) is 4. The normalized spacial score (nSPS) is 15.1. The van der Waals surface area contributed by atoms with E-state index in [4.69, 9.17) is 15.2 Å². The summed E-state index contributed by atoms with van der Waals surface area (Å²) in [6.45, 7) is 9.84. The largest absolute Gasteiger partial charge is 0.491 e. The van der Waals surface area contributed by atoms with Crippen LogP contribution in [0.1, 0.15) is 18.1 Å². The molecule has 2 aromatic rings. The molecule has 152 valence electrons. The molecule has 0 spiro atoms. The fourth-order valence-corrected chi connectivity index (χ4v) is 3.74. The number of anilines is 1. The van der Waals surface area contributed by atoms with E-state index in [1.165, 1.54) is 0 Å². The first-order valence-electron chi connectivity index (χ1n) is 9.66. The zero-order valence-corrected chi connectivity index (χ0v) is 17.5. The second kappa shape index (κ2) is 10.3. The number of piperazine rings is 1. The van der Waals surface area contributed by atoms with Crippen LogP contribution in [0.3, 0.4) is 0 Å². The van der Waals surface area contributed by atoms with Gasteiger partial charge in [-0.25, -0.2) is 9.98 Å². The standard InChI is InChI=1S/C20H29N5O2S/c1-3-26-11-12-27-18-14-16(2)4-5-17(18)15-23-19(21)24-7-9-25(10-8-24)20-22-6-13-28-20/h4-6,13-14H,3,7-12,15H2,1-2H3,(H2,21,23). The molecule has 1 aliphatic rings. The fourth-order valence-electron chi connectivity index (χ4n) is 3.05. The van der Waals surface area contributed by atoms with E-state index in [1.54, 1.807) is 11.3 Å². The number of aromatic nitrogens is 1. The first-order valence-corrected chi connectivity index (χ1v) is 10.5. The number of aryl methyl sites for hydroxylation is 1. The Kier molecular flexibility index (Phi) is 7.50. The predicted octanol–water partition coefficient (Wildman–Crippen LogP) is 2.50. The molecule has 0 unspecified atom stereocenters. The Morgan fingerprint density at radius 1 is 1.25 bits per heavy atom. The molecule has 2 heterocycles. The van der Waals surface area contributed by atoms with E-state index in [1.807, 2.05) is 24.6 Å². The molecule has 1 aromatic carbocycles. The lowest BCUT2D eigenvalue weighted by Gasteiger charge is -2.35. The van der Waals surface area contributed by atoms with Gasteiger partial charge in [-0.05, 0) is 25.5 Å². The Morgan fingerprint density at radius 2 is 2.07 bits per heavy atom. The maximum absolute atomic E-state index is 6.26. The summed E-state index contributed by atoms with van der Waals surface area (Å²) in [7, 11) is 0.